The van der Waals surface area contributed by atoms with Crippen LogP contribution >= 0.6 is 0 Å². The number of rotatable bonds is 9. The summed E-state index contributed by atoms with van der Waals surface area (Å²) in [6, 6.07) is 9.28. The van der Waals surface area contributed by atoms with Crippen LogP contribution in [0.2, 0.25) is 0 Å². The van der Waals surface area contributed by atoms with E-state index in [9.17, 15) is 9.59 Å². The lowest BCUT2D eigenvalue weighted by atomic mass is 10.00. The Bertz CT molecular complexity index is 981. The van der Waals surface area contributed by atoms with Crippen molar-refractivity contribution in [3.05, 3.63) is 53.1 Å². The Morgan fingerprint density at radius 2 is 1.87 bits per heavy atom. The smallest absolute Gasteiger partial charge is 0.231 e. The highest BCUT2D eigenvalue weighted by Gasteiger charge is 2.24. The zero-order valence-corrected chi connectivity index (χ0v) is 18.3. The minimum absolute atomic E-state index is 0.0144. The summed E-state index contributed by atoms with van der Waals surface area (Å²) in [5, 5.41) is 0. The van der Waals surface area contributed by atoms with Crippen LogP contribution in [0.1, 0.15) is 23.6 Å². The van der Waals surface area contributed by atoms with Gasteiger partial charge in [-0.25, -0.2) is 0 Å². The number of ether oxygens (including phenoxy) is 4. The van der Waals surface area contributed by atoms with Gasteiger partial charge in [-0.1, -0.05) is 12.1 Å². The van der Waals surface area contributed by atoms with Crippen molar-refractivity contribution >= 4 is 17.8 Å². The number of allylic oxidation sites excluding steroid dienone is 1. The molecule has 1 heterocycles. The lowest BCUT2D eigenvalue weighted by Crippen LogP contribution is -2.26. The van der Waals surface area contributed by atoms with Crippen LogP contribution in [0.3, 0.4) is 0 Å². The monoisotopic (exact) mass is 425 g/mol. The zero-order chi connectivity index (χ0) is 22.4. The van der Waals surface area contributed by atoms with Crippen molar-refractivity contribution in [2.45, 2.75) is 19.8 Å². The molecule has 0 fully saturated rings. The van der Waals surface area contributed by atoms with Gasteiger partial charge in [0.05, 0.1) is 14.2 Å². The van der Waals surface area contributed by atoms with Crippen molar-refractivity contribution in [1.29, 1.82) is 0 Å². The first-order valence-electron chi connectivity index (χ1n) is 9.98. The number of hydrogen-bond acceptors (Lipinski definition) is 6. The first-order valence-corrected chi connectivity index (χ1v) is 9.98. The second-order valence-corrected chi connectivity index (χ2v) is 7.23. The number of carbonyl (C=O) groups is 2. The van der Waals surface area contributed by atoms with Gasteiger partial charge in [-0.2, -0.15) is 0 Å². The maximum Gasteiger partial charge on any atom is 0.231 e. The molecule has 31 heavy (non-hydrogen) atoms. The third-order valence-corrected chi connectivity index (χ3v) is 5.18. The highest BCUT2D eigenvalue weighted by Crippen LogP contribution is 2.45. The molecule has 0 bridgehead atoms. The number of ketones is 1. The molecule has 1 aliphatic rings. The number of carbonyl (C=O) groups excluding carboxylic acids is 2. The van der Waals surface area contributed by atoms with Gasteiger partial charge in [-0.05, 0) is 47.9 Å². The SMILES string of the molecule is COc1ccc(CC(=O)C=Cc2c(CCN(C)C(C)=O)cc3c(c2OC)OCO3)cc1. The van der Waals surface area contributed by atoms with Gasteiger partial charge in [-0.15, -0.1) is 0 Å². The van der Waals surface area contributed by atoms with Gasteiger partial charge in [0.25, 0.3) is 0 Å². The number of hydrogen-bond donors (Lipinski definition) is 0. The third kappa shape index (κ3) is 5.36. The first kappa shape index (κ1) is 22.2. The van der Waals surface area contributed by atoms with E-state index < -0.39 is 0 Å². The Balaban J connectivity index is 1.84. The minimum atomic E-state index is -0.0447. The average molecular weight is 425 g/mol. The molecule has 0 aromatic heterocycles. The maximum atomic E-state index is 12.6. The number of amides is 1. The molecule has 1 aliphatic heterocycles. The normalized spacial score (nSPS) is 12.1. The van der Waals surface area contributed by atoms with Crippen LogP contribution in [0.15, 0.2) is 36.4 Å². The maximum absolute atomic E-state index is 12.6. The summed E-state index contributed by atoms with van der Waals surface area (Å²) in [7, 11) is 4.91. The van der Waals surface area contributed by atoms with Crippen LogP contribution in [-0.4, -0.2) is 51.2 Å². The molecule has 0 unspecified atom stereocenters. The number of fused-ring (bicyclic) bond motifs is 1. The Hall–Kier alpha value is -3.48. The highest BCUT2D eigenvalue weighted by atomic mass is 16.7. The molecule has 2 aromatic carbocycles. The van der Waals surface area contributed by atoms with E-state index in [4.69, 9.17) is 18.9 Å². The molecule has 0 radical (unpaired) electrons. The molecule has 7 heteroatoms. The molecule has 1 amide bonds. The minimum Gasteiger partial charge on any atom is -0.497 e. The van der Waals surface area contributed by atoms with Crippen LogP contribution in [-0.2, 0) is 22.4 Å². The van der Waals surface area contributed by atoms with Crippen molar-refractivity contribution in [2.24, 2.45) is 0 Å². The summed E-state index contributed by atoms with van der Waals surface area (Å²) in [5.74, 6) is 2.32. The fourth-order valence-corrected chi connectivity index (χ4v) is 3.29. The largest absolute Gasteiger partial charge is 0.497 e. The molecule has 7 nitrogen and oxygen atoms in total. The van der Waals surface area contributed by atoms with Crippen LogP contribution in [0, 0.1) is 0 Å². The summed E-state index contributed by atoms with van der Waals surface area (Å²) in [5.41, 5.74) is 2.55. The van der Waals surface area contributed by atoms with E-state index in [1.807, 2.05) is 30.3 Å². The number of benzene rings is 2. The third-order valence-electron chi connectivity index (χ3n) is 5.18. The highest BCUT2D eigenvalue weighted by molar-refractivity contribution is 5.95. The van der Waals surface area contributed by atoms with Crippen molar-refractivity contribution in [1.82, 2.24) is 4.90 Å². The molecule has 0 atom stereocenters. The molecule has 0 aliphatic carbocycles. The molecular formula is C24H27NO6. The van der Waals surface area contributed by atoms with E-state index >= 15 is 0 Å². The van der Waals surface area contributed by atoms with Gasteiger partial charge >= 0.3 is 0 Å². The van der Waals surface area contributed by atoms with E-state index in [1.165, 1.54) is 6.92 Å². The average Bonchev–Trinajstić information content (AvgIpc) is 3.23. The fraction of sp³-hybridized carbons (Fsp3) is 0.333. The molecule has 0 saturated carbocycles. The summed E-state index contributed by atoms with van der Waals surface area (Å²) in [6.07, 6.45) is 4.14. The van der Waals surface area contributed by atoms with E-state index in [0.717, 1.165) is 22.4 Å². The van der Waals surface area contributed by atoms with Crippen LogP contribution in [0.25, 0.3) is 6.08 Å². The second kappa shape index (κ2) is 10.0. The van der Waals surface area contributed by atoms with Crippen molar-refractivity contribution in [3.8, 4) is 23.0 Å². The fourth-order valence-electron chi connectivity index (χ4n) is 3.29. The Labute approximate surface area is 182 Å². The van der Waals surface area contributed by atoms with Crippen molar-refractivity contribution in [2.75, 3.05) is 34.6 Å². The van der Waals surface area contributed by atoms with Crippen LogP contribution in [0.4, 0.5) is 0 Å². The lowest BCUT2D eigenvalue weighted by Gasteiger charge is -2.18. The number of nitrogens with zero attached hydrogens (tertiary/aromatic N) is 1. The van der Waals surface area contributed by atoms with Crippen molar-refractivity contribution in [3.63, 3.8) is 0 Å². The zero-order valence-electron chi connectivity index (χ0n) is 18.3. The molecule has 0 spiro atoms. The molecule has 2 aromatic rings. The number of likely N-dealkylation sites (N-methyl/N-ethyl adjacent to an activating group) is 1. The predicted octanol–water partition coefficient (Wildman–Crippen LogP) is 3.28. The first-order chi connectivity index (χ1) is 14.9. The van der Waals surface area contributed by atoms with E-state index in [1.54, 1.807) is 38.3 Å². The van der Waals surface area contributed by atoms with Gasteiger partial charge in [-0.3, -0.25) is 9.59 Å². The van der Waals surface area contributed by atoms with Gasteiger partial charge in [0.1, 0.15) is 5.75 Å². The van der Waals surface area contributed by atoms with Gasteiger partial charge in [0, 0.05) is 32.5 Å². The molecule has 164 valence electrons. The Kier molecular flexibility index (Phi) is 7.18. The molecule has 3 rings (SSSR count). The summed E-state index contributed by atoms with van der Waals surface area (Å²) in [4.78, 5) is 25.8. The van der Waals surface area contributed by atoms with Crippen molar-refractivity contribution < 1.29 is 28.5 Å². The molecule has 0 saturated heterocycles. The summed E-state index contributed by atoms with van der Waals surface area (Å²) >= 11 is 0. The Morgan fingerprint density at radius 3 is 2.52 bits per heavy atom. The lowest BCUT2D eigenvalue weighted by molar-refractivity contribution is -0.127. The summed E-state index contributed by atoms with van der Waals surface area (Å²) < 4.78 is 21.8. The standard InChI is InChI=1S/C24H27NO6/c1-16(26)25(2)12-11-18-14-22-24(31-15-30-22)23(29-4)21(18)10-7-19(27)13-17-5-8-20(28-3)9-6-17/h5-10,14H,11-13,15H2,1-4H3. The van der Waals surface area contributed by atoms with Crippen LogP contribution in [0.5, 0.6) is 23.0 Å². The topological polar surface area (TPSA) is 74.3 Å². The summed E-state index contributed by atoms with van der Waals surface area (Å²) in [6.45, 7) is 2.17. The van der Waals surface area contributed by atoms with E-state index in [2.05, 4.69) is 0 Å². The number of methoxy groups -OCH3 is 2. The van der Waals surface area contributed by atoms with Crippen LogP contribution < -0.4 is 18.9 Å². The van der Waals surface area contributed by atoms with Gasteiger partial charge < -0.3 is 23.8 Å². The Morgan fingerprint density at radius 1 is 1.13 bits per heavy atom. The van der Waals surface area contributed by atoms with Gasteiger partial charge in [0.2, 0.25) is 18.4 Å². The van der Waals surface area contributed by atoms with E-state index in [0.29, 0.717) is 30.2 Å². The molecular weight excluding hydrogens is 398 g/mol. The van der Waals surface area contributed by atoms with E-state index in [-0.39, 0.29) is 24.9 Å². The van der Waals surface area contributed by atoms with Gasteiger partial charge in [0.15, 0.2) is 17.3 Å². The predicted molar refractivity (Wildman–Crippen MR) is 117 cm³/mol. The molecule has 0 N–H and O–H groups in total. The second-order valence-electron chi connectivity index (χ2n) is 7.23. The quantitative estimate of drug-likeness (QED) is 0.574.